The molecule has 0 bridgehead atoms. The van der Waals surface area contributed by atoms with Crippen LogP contribution in [0.25, 0.3) is 0 Å². The molecule has 0 atom stereocenters. The lowest BCUT2D eigenvalue weighted by Gasteiger charge is -2.05. The number of aromatic nitrogens is 1. The third-order valence-corrected chi connectivity index (χ3v) is 3.05. The first-order valence-corrected chi connectivity index (χ1v) is 7.29. The molecule has 0 saturated heterocycles. The fraction of sp³-hybridized carbons (Fsp3) is 0.429. The molecule has 0 saturated carbocycles. The van der Waals surface area contributed by atoms with Gasteiger partial charge in [0.1, 0.15) is 0 Å². The van der Waals surface area contributed by atoms with Gasteiger partial charge in [-0.15, -0.1) is 0 Å². The van der Waals surface area contributed by atoms with Crippen molar-refractivity contribution in [3.8, 4) is 5.88 Å². The molecule has 1 aromatic heterocycles. The molecule has 0 fully saturated rings. The Morgan fingerprint density at radius 3 is 2.84 bits per heavy atom. The van der Waals surface area contributed by atoms with Crippen LogP contribution in [0.4, 0.5) is 0 Å². The average molecular weight is 374 g/mol. The molecule has 0 unspecified atom stereocenters. The Kier molecular flexibility index (Phi) is 7.47. The van der Waals surface area contributed by atoms with Crippen molar-refractivity contribution >= 4 is 28.5 Å². The summed E-state index contributed by atoms with van der Waals surface area (Å²) in [7, 11) is 3.49. The minimum atomic E-state index is 0.0272. The maximum Gasteiger partial charge on any atom is 0.245 e. The molecule has 0 aliphatic carbocycles. The van der Waals surface area contributed by atoms with E-state index in [9.17, 15) is 4.79 Å². The smallest absolute Gasteiger partial charge is 0.245 e. The highest BCUT2D eigenvalue weighted by atomic mass is 127. The van der Waals surface area contributed by atoms with Crippen LogP contribution >= 0.6 is 22.6 Å². The van der Waals surface area contributed by atoms with Gasteiger partial charge in [-0.2, -0.15) is 0 Å². The summed E-state index contributed by atoms with van der Waals surface area (Å²) in [5.41, 5.74) is 0. The third-order valence-electron chi connectivity index (χ3n) is 2.42. The highest BCUT2D eigenvalue weighted by Gasteiger charge is 1.97. The number of rotatable bonds is 7. The number of likely N-dealkylation sites (N-methyl/N-ethyl adjacent to an activating group) is 1. The quantitative estimate of drug-likeness (QED) is 0.419. The van der Waals surface area contributed by atoms with Gasteiger partial charge in [-0.05, 0) is 54.0 Å². The lowest BCUT2D eigenvalue weighted by Crippen LogP contribution is -2.18. The number of allylic oxidation sites excluding steroid dienone is 1. The van der Waals surface area contributed by atoms with Gasteiger partial charge in [0, 0.05) is 29.9 Å². The SMILES string of the molecule is CN(C)C(=O)/C=C/CCCCOc1ccc(I)cn1. The van der Waals surface area contributed by atoms with Crippen molar-refractivity contribution in [2.24, 2.45) is 0 Å². The number of halogens is 1. The van der Waals surface area contributed by atoms with Gasteiger partial charge in [-0.1, -0.05) is 6.08 Å². The van der Waals surface area contributed by atoms with Crippen LogP contribution in [-0.4, -0.2) is 36.5 Å². The van der Waals surface area contributed by atoms with E-state index in [4.69, 9.17) is 4.74 Å². The van der Waals surface area contributed by atoms with Gasteiger partial charge in [-0.3, -0.25) is 4.79 Å². The molecule has 1 aromatic rings. The predicted molar refractivity (Wildman–Crippen MR) is 84.1 cm³/mol. The van der Waals surface area contributed by atoms with Crippen LogP contribution in [-0.2, 0) is 4.79 Å². The van der Waals surface area contributed by atoms with Crippen LogP contribution in [0.1, 0.15) is 19.3 Å². The first-order chi connectivity index (χ1) is 9.09. The molecule has 0 spiro atoms. The summed E-state index contributed by atoms with van der Waals surface area (Å²) in [5.74, 6) is 0.693. The maximum absolute atomic E-state index is 11.2. The van der Waals surface area contributed by atoms with Gasteiger partial charge < -0.3 is 9.64 Å². The minimum Gasteiger partial charge on any atom is -0.478 e. The summed E-state index contributed by atoms with van der Waals surface area (Å²) in [5, 5.41) is 0. The second kappa shape index (κ2) is 8.90. The monoisotopic (exact) mass is 374 g/mol. The van der Waals surface area contributed by atoms with Crippen molar-refractivity contribution in [1.29, 1.82) is 0 Å². The number of hydrogen-bond donors (Lipinski definition) is 0. The van der Waals surface area contributed by atoms with Crippen molar-refractivity contribution in [2.75, 3.05) is 20.7 Å². The number of nitrogens with zero attached hydrogens (tertiary/aromatic N) is 2. The van der Waals surface area contributed by atoms with Gasteiger partial charge in [0.05, 0.1) is 6.61 Å². The Morgan fingerprint density at radius 1 is 1.42 bits per heavy atom. The summed E-state index contributed by atoms with van der Waals surface area (Å²) in [4.78, 5) is 17.0. The molecule has 0 aliphatic heterocycles. The van der Waals surface area contributed by atoms with E-state index in [1.54, 1.807) is 31.3 Å². The fourth-order valence-electron chi connectivity index (χ4n) is 1.32. The van der Waals surface area contributed by atoms with Gasteiger partial charge in [0.15, 0.2) is 0 Å². The zero-order valence-electron chi connectivity index (χ0n) is 11.3. The molecule has 19 heavy (non-hydrogen) atoms. The summed E-state index contributed by atoms with van der Waals surface area (Å²) >= 11 is 2.21. The highest BCUT2D eigenvalue weighted by molar-refractivity contribution is 14.1. The van der Waals surface area contributed by atoms with E-state index in [1.807, 2.05) is 18.2 Å². The molecule has 0 aliphatic rings. The van der Waals surface area contributed by atoms with Gasteiger partial charge in [0.2, 0.25) is 11.8 Å². The van der Waals surface area contributed by atoms with Crippen LogP contribution in [0.5, 0.6) is 5.88 Å². The van der Waals surface area contributed by atoms with Crippen LogP contribution < -0.4 is 4.74 Å². The molecule has 1 heterocycles. The van der Waals surface area contributed by atoms with Crippen LogP contribution in [0.2, 0.25) is 0 Å². The molecule has 1 rings (SSSR count). The molecule has 4 nitrogen and oxygen atoms in total. The Balaban J connectivity index is 2.08. The van der Waals surface area contributed by atoms with Gasteiger partial charge in [0.25, 0.3) is 0 Å². The molecular formula is C14H19IN2O2. The first-order valence-electron chi connectivity index (χ1n) is 6.22. The number of carbonyl (C=O) groups is 1. The Labute approximate surface area is 128 Å². The van der Waals surface area contributed by atoms with Gasteiger partial charge in [-0.25, -0.2) is 4.98 Å². The zero-order chi connectivity index (χ0) is 14.1. The van der Waals surface area contributed by atoms with E-state index in [0.29, 0.717) is 12.5 Å². The van der Waals surface area contributed by atoms with Crippen molar-refractivity contribution in [3.05, 3.63) is 34.1 Å². The summed E-state index contributed by atoms with van der Waals surface area (Å²) in [6.07, 6.45) is 8.15. The normalized spacial score (nSPS) is 10.7. The molecular weight excluding hydrogens is 355 g/mol. The molecule has 104 valence electrons. The lowest BCUT2D eigenvalue weighted by molar-refractivity contribution is -0.123. The number of carbonyl (C=O) groups excluding carboxylic acids is 1. The van der Waals surface area contributed by atoms with Crippen molar-refractivity contribution in [3.63, 3.8) is 0 Å². The average Bonchev–Trinajstić information content (AvgIpc) is 2.39. The number of ether oxygens (including phenoxy) is 1. The Bertz CT molecular complexity index is 416. The largest absolute Gasteiger partial charge is 0.478 e. The summed E-state index contributed by atoms with van der Waals surface area (Å²) < 4.78 is 6.61. The maximum atomic E-state index is 11.2. The van der Waals surface area contributed by atoms with Crippen LogP contribution in [0.3, 0.4) is 0 Å². The molecule has 0 aromatic carbocycles. The van der Waals surface area contributed by atoms with Gasteiger partial charge >= 0.3 is 0 Å². The zero-order valence-corrected chi connectivity index (χ0v) is 13.5. The van der Waals surface area contributed by atoms with Crippen molar-refractivity contribution < 1.29 is 9.53 Å². The lowest BCUT2D eigenvalue weighted by atomic mass is 10.2. The van der Waals surface area contributed by atoms with E-state index in [-0.39, 0.29) is 5.91 Å². The fourth-order valence-corrected chi connectivity index (χ4v) is 1.64. The second-order valence-electron chi connectivity index (χ2n) is 4.29. The summed E-state index contributed by atoms with van der Waals surface area (Å²) in [6, 6.07) is 3.84. The Morgan fingerprint density at radius 2 is 2.21 bits per heavy atom. The standard InChI is InChI=1S/C14H19IN2O2/c1-17(2)14(18)7-5-3-4-6-10-19-13-9-8-12(15)11-16-13/h5,7-9,11H,3-4,6,10H2,1-2H3/b7-5+. The van der Waals surface area contributed by atoms with E-state index >= 15 is 0 Å². The molecule has 0 radical (unpaired) electrons. The topological polar surface area (TPSA) is 42.4 Å². The third kappa shape index (κ3) is 7.15. The van der Waals surface area contributed by atoms with Crippen molar-refractivity contribution in [1.82, 2.24) is 9.88 Å². The first kappa shape index (κ1) is 15.9. The van der Waals surface area contributed by atoms with E-state index in [2.05, 4.69) is 27.6 Å². The molecule has 1 amide bonds. The molecule has 5 heteroatoms. The summed E-state index contributed by atoms with van der Waals surface area (Å²) in [6.45, 7) is 0.656. The number of pyridine rings is 1. The van der Waals surface area contributed by atoms with Crippen molar-refractivity contribution in [2.45, 2.75) is 19.3 Å². The predicted octanol–water partition coefficient (Wildman–Crippen LogP) is 2.88. The minimum absolute atomic E-state index is 0.0272. The second-order valence-corrected chi connectivity index (χ2v) is 5.54. The highest BCUT2D eigenvalue weighted by Crippen LogP contribution is 2.09. The number of hydrogen-bond acceptors (Lipinski definition) is 3. The Hall–Kier alpha value is -1.11. The van der Waals surface area contributed by atoms with Crippen LogP contribution in [0, 0.1) is 3.57 Å². The van der Waals surface area contributed by atoms with E-state index < -0.39 is 0 Å². The number of amides is 1. The number of unbranched alkanes of at least 4 members (excludes halogenated alkanes) is 2. The van der Waals surface area contributed by atoms with E-state index in [1.165, 1.54) is 0 Å². The van der Waals surface area contributed by atoms with Crippen LogP contribution in [0.15, 0.2) is 30.5 Å². The van der Waals surface area contributed by atoms with E-state index in [0.717, 1.165) is 22.8 Å². The molecule has 0 N–H and O–H groups in total.